The Hall–Kier alpha value is -2.96. The molecule has 0 radical (unpaired) electrons. The lowest BCUT2D eigenvalue weighted by Gasteiger charge is -2.21. The van der Waals surface area contributed by atoms with Crippen molar-refractivity contribution in [2.45, 2.75) is 33.8 Å². The van der Waals surface area contributed by atoms with E-state index in [-0.39, 0.29) is 5.92 Å². The Kier molecular flexibility index (Phi) is 5.36. The fourth-order valence-corrected chi connectivity index (χ4v) is 2.69. The van der Waals surface area contributed by atoms with Crippen molar-refractivity contribution in [3.05, 3.63) is 41.1 Å². The number of carbonyl (C=O) groups is 3. The summed E-state index contributed by atoms with van der Waals surface area (Å²) in [5.41, 5.74) is 7.30. The van der Waals surface area contributed by atoms with E-state index in [4.69, 9.17) is 10.5 Å². The number of esters is 1. The number of nitrogens with two attached hydrogens (primary N) is 1. The zero-order chi connectivity index (χ0) is 18.7. The number of fused-ring (bicyclic) bond motifs is 1. The van der Waals surface area contributed by atoms with E-state index in [9.17, 15) is 14.4 Å². The van der Waals surface area contributed by atoms with Crippen LogP contribution >= 0.6 is 0 Å². The number of imide groups is 1. The SMILES string of the molecule is Cc1nc2ccccc2c(C)c1C(=O)O[C@H](C(=O)NC(N)=O)C(C)C. The number of para-hydroxylation sites is 1. The van der Waals surface area contributed by atoms with Crippen molar-refractivity contribution in [1.82, 2.24) is 10.3 Å². The molecule has 7 nitrogen and oxygen atoms in total. The van der Waals surface area contributed by atoms with Crippen molar-refractivity contribution in [1.29, 1.82) is 0 Å². The lowest BCUT2D eigenvalue weighted by atomic mass is 10.0. The summed E-state index contributed by atoms with van der Waals surface area (Å²) in [5, 5.41) is 2.78. The minimum Gasteiger partial charge on any atom is -0.448 e. The van der Waals surface area contributed by atoms with Crippen LogP contribution in [0.4, 0.5) is 4.79 Å². The van der Waals surface area contributed by atoms with Gasteiger partial charge in [0.15, 0.2) is 6.10 Å². The van der Waals surface area contributed by atoms with Crippen LogP contribution in [0.2, 0.25) is 0 Å². The number of urea groups is 1. The number of amides is 3. The van der Waals surface area contributed by atoms with Crippen LogP contribution < -0.4 is 11.1 Å². The summed E-state index contributed by atoms with van der Waals surface area (Å²) in [5.74, 6) is -1.75. The summed E-state index contributed by atoms with van der Waals surface area (Å²) in [6, 6.07) is 6.47. The largest absolute Gasteiger partial charge is 0.448 e. The second-order valence-corrected chi connectivity index (χ2v) is 6.14. The molecule has 132 valence electrons. The van der Waals surface area contributed by atoms with E-state index in [0.29, 0.717) is 11.3 Å². The summed E-state index contributed by atoms with van der Waals surface area (Å²) >= 11 is 0. The van der Waals surface area contributed by atoms with Crippen LogP contribution in [0, 0.1) is 19.8 Å². The summed E-state index contributed by atoms with van der Waals surface area (Å²) in [6.45, 7) is 6.93. The van der Waals surface area contributed by atoms with Crippen LogP contribution in [0.3, 0.4) is 0 Å². The number of hydrogen-bond donors (Lipinski definition) is 2. The molecule has 0 fully saturated rings. The van der Waals surface area contributed by atoms with E-state index in [2.05, 4.69) is 4.98 Å². The summed E-state index contributed by atoms with van der Waals surface area (Å²) < 4.78 is 5.37. The Labute approximate surface area is 145 Å². The minimum absolute atomic E-state index is 0.316. The molecular weight excluding hydrogens is 322 g/mol. The Balaban J connectivity index is 2.38. The van der Waals surface area contributed by atoms with E-state index in [1.807, 2.05) is 36.5 Å². The Morgan fingerprint density at radius 3 is 2.40 bits per heavy atom. The third-order valence-electron chi connectivity index (χ3n) is 3.88. The number of aromatic nitrogens is 1. The van der Waals surface area contributed by atoms with Crippen LogP contribution in [0.25, 0.3) is 10.9 Å². The van der Waals surface area contributed by atoms with E-state index in [1.54, 1.807) is 20.8 Å². The van der Waals surface area contributed by atoms with Crippen LogP contribution in [0.5, 0.6) is 0 Å². The number of ether oxygens (including phenoxy) is 1. The van der Waals surface area contributed by atoms with Crippen molar-refractivity contribution < 1.29 is 19.1 Å². The van der Waals surface area contributed by atoms with Gasteiger partial charge < -0.3 is 10.5 Å². The first kappa shape index (κ1) is 18.4. The second kappa shape index (κ2) is 7.29. The fourth-order valence-electron chi connectivity index (χ4n) is 2.69. The molecule has 0 spiro atoms. The van der Waals surface area contributed by atoms with E-state index < -0.39 is 24.0 Å². The zero-order valence-corrected chi connectivity index (χ0v) is 14.6. The number of nitrogens with one attached hydrogen (secondary N) is 1. The fraction of sp³-hybridized carbons (Fsp3) is 0.333. The van der Waals surface area contributed by atoms with Crippen LogP contribution in [0.1, 0.15) is 35.5 Å². The zero-order valence-electron chi connectivity index (χ0n) is 14.6. The molecule has 0 aliphatic rings. The molecule has 7 heteroatoms. The first-order chi connectivity index (χ1) is 11.7. The van der Waals surface area contributed by atoms with Gasteiger partial charge >= 0.3 is 12.0 Å². The molecular formula is C18H21N3O4. The molecule has 0 aliphatic heterocycles. The minimum atomic E-state index is -1.13. The van der Waals surface area contributed by atoms with Crippen molar-refractivity contribution >= 4 is 28.8 Å². The van der Waals surface area contributed by atoms with Crippen LogP contribution in [0.15, 0.2) is 24.3 Å². The van der Waals surface area contributed by atoms with E-state index in [1.165, 1.54) is 0 Å². The summed E-state index contributed by atoms with van der Waals surface area (Å²) in [6.07, 6.45) is -1.13. The van der Waals surface area contributed by atoms with Gasteiger partial charge in [0.05, 0.1) is 16.8 Å². The smallest absolute Gasteiger partial charge is 0.341 e. The molecule has 3 N–H and O–H groups in total. The first-order valence-electron chi connectivity index (χ1n) is 7.89. The number of primary amides is 1. The molecule has 2 aromatic rings. The van der Waals surface area contributed by atoms with Crippen LogP contribution in [-0.2, 0) is 9.53 Å². The number of pyridine rings is 1. The molecule has 0 saturated heterocycles. The highest BCUT2D eigenvalue weighted by atomic mass is 16.5. The highest BCUT2D eigenvalue weighted by molar-refractivity contribution is 6.01. The Morgan fingerprint density at radius 2 is 1.80 bits per heavy atom. The maximum Gasteiger partial charge on any atom is 0.341 e. The number of aryl methyl sites for hydroxylation is 2. The molecule has 1 aromatic heterocycles. The maximum absolute atomic E-state index is 12.7. The monoisotopic (exact) mass is 343 g/mol. The Morgan fingerprint density at radius 1 is 1.16 bits per heavy atom. The molecule has 0 saturated carbocycles. The van der Waals surface area contributed by atoms with Gasteiger partial charge in [-0.1, -0.05) is 32.0 Å². The second-order valence-electron chi connectivity index (χ2n) is 6.14. The van der Waals surface area contributed by atoms with Gasteiger partial charge in [-0.3, -0.25) is 15.1 Å². The van der Waals surface area contributed by atoms with Crippen molar-refractivity contribution in [2.24, 2.45) is 11.7 Å². The first-order valence-corrected chi connectivity index (χ1v) is 7.89. The molecule has 1 aromatic carbocycles. The molecule has 25 heavy (non-hydrogen) atoms. The lowest BCUT2D eigenvalue weighted by molar-refractivity contribution is -0.130. The topological polar surface area (TPSA) is 111 Å². The summed E-state index contributed by atoms with van der Waals surface area (Å²) in [7, 11) is 0. The maximum atomic E-state index is 12.7. The molecule has 3 amide bonds. The van der Waals surface area contributed by atoms with Gasteiger partial charge in [-0.15, -0.1) is 0 Å². The van der Waals surface area contributed by atoms with Gasteiger partial charge in [-0.05, 0) is 31.4 Å². The predicted octanol–water partition coefficient (Wildman–Crippen LogP) is 2.23. The number of hydrogen-bond acceptors (Lipinski definition) is 5. The van der Waals surface area contributed by atoms with Gasteiger partial charge in [0.25, 0.3) is 5.91 Å². The van der Waals surface area contributed by atoms with Crippen molar-refractivity contribution in [3.63, 3.8) is 0 Å². The summed E-state index contributed by atoms with van der Waals surface area (Å²) in [4.78, 5) is 40.0. The van der Waals surface area contributed by atoms with Crippen molar-refractivity contribution in [3.8, 4) is 0 Å². The normalized spacial score (nSPS) is 12.0. The van der Waals surface area contributed by atoms with Gasteiger partial charge in [0, 0.05) is 5.39 Å². The molecule has 0 bridgehead atoms. The third kappa shape index (κ3) is 3.93. The van der Waals surface area contributed by atoms with E-state index >= 15 is 0 Å². The highest BCUT2D eigenvalue weighted by Gasteiger charge is 2.29. The molecule has 2 rings (SSSR count). The number of rotatable bonds is 4. The van der Waals surface area contributed by atoms with Gasteiger partial charge in [0.2, 0.25) is 0 Å². The number of nitrogens with zero attached hydrogens (tertiary/aromatic N) is 1. The predicted molar refractivity (Wildman–Crippen MR) is 93.0 cm³/mol. The Bertz CT molecular complexity index is 846. The number of benzene rings is 1. The quantitative estimate of drug-likeness (QED) is 0.827. The average Bonchev–Trinajstić information content (AvgIpc) is 2.51. The lowest BCUT2D eigenvalue weighted by Crippen LogP contribution is -2.45. The van der Waals surface area contributed by atoms with Gasteiger partial charge in [-0.2, -0.15) is 0 Å². The average molecular weight is 343 g/mol. The van der Waals surface area contributed by atoms with Gasteiger partial charge in [0.1, 0.15) is 0 Å². The highest BCUT2D eigenvalue weighted by Crippen LogP contribution is 2.24. The third-order valence-corrected chi connectivity index (χ3v) is 3.88. The molecule has 1 atom stereocenters. The standard InChI is InChI=1S/C18H21N3O4/c1-9(2)15(16(22)21-18(19)24)25-17(23)14-10(3)12-7-5-6-8-13(12)20-11(14)4/h5-9,15H,1-4H3,(H3,19,21,22,24)/t15-/m0/s1. The van der Waals surface area contributed by atoms with Gasteiger partial charge in [-0.25, -0.2) is 9.59 Å². The molecule has 1 heterocycles. The molecule has 0 aliphatic carbocycles. The number of carbonyl (C=O) groups excluding carboxylic acids is 3. The van der Waals surface area contributed by atoms with Crippen molar-refractivity contribution in [2.75, 3.05) is 0 Å². The molecule has 0 unspecified atom stereocenters. The van der Waals surface area contributed by atoms with Crippen LogP contribution in [-0.4, -0.2) is 29.0 Å². The van der Waals surface area contributed by atoms with E-state index in [0.717, 1.165) is 16.5 Å².